The molecule has 1 nitrogen and oxygen atoms in total. The zero-order valence-electron chi connectivity index (χ0n) is 9.17. The second-order valence-corrected chi connectivity index (χ2v) is 4.80. The van der Waals surface area contributed by atoms with Gasteiger partial charge in [-0.1, -0.05) is 37.1 Å². The third-order valence-electron chi connectivity index (χ3n) is 3.28. The monoisotopic (exact) mass is 223 g/mol. The number of benzene rings is 1. The molecule has 2 unspecified atom stereocenters. The second-order valence-electron chi connectivity index (χ2n) is 4.37. The maximum absolute atomic E-state index is 6.03. The van der Waals surface area contributed by atoms with E-state index in [-0.39, 0.29) is 0 Å². The van der Waals surface area contributed by atoms with Crippen LogP contribution in [0.2, 0.25) is 5.02 Å². The lowest BCUT2D eigenvalue weighted by Crippen LogP contribution is -2.10. The molecule has 2 rings (SSSR count). The zero-order chi connectivity index (χ0) is 10.7. The van der Waals surface area contributed by atoms with Crippen molar-refractivity contribution in [1.29, 1.82) is 0 Å². The summed E-state index contributed by atoms with van der Waals surface area (Å²) in [7, 11) is 0. The Labute approximate surface area is 96.8 Å². The number of hydrogen-bond donors (Lipinski definition) is 1. The van der Waals surface area contributed by atoms with Crippen molar-refractivity contribution in [1.82, 2.24) is 5.32 Å². The van der Waals surface area contributed by atoms with Crippen LogP contribution in [0.4, 0.5) is 0 Å². The van der Waals surface area contributed by atoms with Crippen LogP contribution in [0.1, 0.15) is 31.2 Å². The smallest absolute Gasteiger partial charge is 0.0408 e. The van der Waals surface area contributed by atoms with Gasteiger partial charge in [-0.15, -0.1) is 0 Å². The van der Waals surface area contributed by atoms with Gasteiger partial charge in [0.25, 0.3) is 0 Å². The molecule has 1 saturated heterocycles. The molecule has 2 heteroatoms. The van der Waals surface area contributed by atoms with Crippen molar-refractivity contribution in [3.05, 3.63) is 34.9 Å². The van der Waals surface area contributed by atoms with Crippen LogP contribution in [-0.4, -0.2) is 13.1 Å². The van der Waals surface area contributed by atoms with Gasteiger partial charge in [-0.25, -0.2) is 0 Å². The number of hydrogen-bond acceptors (Lipinski definition) is 1. The Morgan fingerprint density at radius 2 is 2.27 bits per heavy atom. The molecule has 0 spiro atoms. The van der Waals surface area contributed by atoms with Gasteiger partial charge in [0.1, 0.15) is 0 Å². The van der Waals surface area contributed by atoms with Gasteiger partial charge in [-0.3, -0.25) is 0 Å². The van der Waals surface area contributed by atoms with Crippen LogP contribution in [0.3, 0.4) is 0 Å². The van der Waals surface area contributed by atoms with E-state index in [0.29, 0.717) is 5.92 Å². The summed E-state index contributed by atoms with van der Waals surface area (Å²) in [5, 5.41) is 4.34. The zero-order valence-corrected chi connectivity index (χ0v) is 9.93. The lowest BCUT2D eigenvalue weighted by Gasteiger charge is -2.18. The highest BCUT2D eigenvalue weighted by atomic mass is 35.5. The van der Waals surface area contributed by atoms with Crippen molar-refractivity contribution in [2.45, 2.75) is 25.7 Å². The van der Waals surface area contributed by atoms with Gasteiger partial charge in [0.15, 0.2) is 0 Å². The van der Waals surface area contributed by atoms with Crippen molar-refractivity contribution >= 4 is 11.6 Å². The van der Waals surface area contributed by atoms with Crippen LogP contribution >= 0.6 is 11.6 Å². The molecule has 1 heterocycles. The minimum atomic E-state index is 0.656. The molecular formula is C13H18ClN. The lowest BCUT2D eigenvalue weighted by molar-refractivity contribution is 0.474. The lowest BCUT2D eigenvalue weighted by atomic mass is 9.86. The predicted octanol–water partition coefficient (Wildman–Crippen LogP) is 3.44. The first-order valence-corrected chi connectivity index (χ1v) is 6.15. The molecule has 0 radical (unpaired) electrons. The van der Waals surface area contributed by atoms with E-state index >= 15 is 0 Å². The molecule has 0 amide bonds. The van der Waals surface area contributed by atoms with E-state index in [1.165, 1.54) is 18.4 Å². The summed E-state index contributed by atoms with van der Waals surface area (Å²) in [6, 6.07) is 8.31. The highest BCUT2D eigenvalue weighted by Gasteiger charge is 2.27. The molecule has 0 saturated carbocycles. The molecule has 0 bridgehead atoms. The molecule has 0 aliphatic carbocycles. The SMILES string of the molecule is CCCC1CNCC1c1cccc(Cl)c1. The average Bonchev–Trinajstić information content (AvgIpc) is 2.66. The minimum absolute atomic E-state index is 0.656. The summed E-state index contributed by atoms with van der Waals surface area (Å²) in [5.74, 6) is 1.44. The Bertz CT molecular complexity index is 324. The Morgan fingerprint density at radius 3 is 3.00 bits per heavy atom. The molecule has 0 aromatic heterocycles. The fourth-order valence-corrected chi connectivity index (χ4v) is 2.73. The summed E-state index contributed by atoms with van der Waals surface area (Å²) in [6.45, 7) is 4.52. The Morgan fingerprint density at radius 1 is 1.40 bits per heavy atom. The second kappa shape index (κ2) is 5.00. The van der Waals surface area contributed by atoms with Crippen LogP contribution in [0.5, 0.6) is 0 Å². The summed E-state index contributed by atoms with van der Waals surface area (Å²) in [6.07, 6.45) is 2.58. The Balaban J connectivity index is 2.15. The van der Waals surface area contributed by atoms with Crippen LogP contribution in [-0.2, 0) is 0 Å². The van der Waals surface area contributed by atoms with E-state index in [0.717, 1.165) is 24.0 Å². The van der Waals surface area contributed by atoms with Gasteiger partial charge in [0.2, 0.25) is 0 Å². The third-order valence-corrected chi connectivity index (χ3v) is 3.51. The molecule has 1 aliphatic rings. The van der Waals surface area contributed by atoms with Crippen LogP contribution in [0.15, 0.2) is 24.3 Å². The molecule has 15 heavy (non-hydrogen) atoms. The van der Waals surface area contributed by atoms with E-state index in [1.54, 1.807) is 0 Å². The standard InChI is InChI=1S/C13H18ClN/c1-2-4-11-8-15-9-13(11)10-5-3-6-12(14)7-10/h3,5-7,11,13,15H,2,4,8-9H2,1H3. The fourth-order valence-electron chi connectivity index (χ4n) is 2.53. The highest BCUT2D eigenvalue weighted by Crippen LogP contribution is 2.32. The van der Waals surface area contributed by atoms with Gasteiger partial charge >= 0.3 is 0 Å². The summed E-state index contributed by atoms with van der Waals surface area (Å²) < 4.78 is 0. The van der Waals surface area contributed by atoms with E-state index < -0.39 is 0 Å². The third kappa shape index (κ3) is 2.53. The first kappa shape index (κ1) is 11.0. The first-order chi connectivity index (χ1) is 7.31. The summed E-state index contributed by atoms with van der Waals surface area (Å²) in [5.41, 5.74) is 1.39. The number of nitrogens with one attached hydrogen (secondary N) is 1. The highest BCUT2D eigenvalue weighted by molar-refractivity contribution is 6.30. The van der Waals surface area contributed by atoms with Crippen molar-refractivity contribution < 1.29 is 0 Å². The van der Waals surface area contributed by atoms with E-state index in [4.69, 9.17) is 11.6 Å². The quantitative estimate of drug-likeness (QED) is 0.828. The molecule has 1 fully saturated rings. The van der Waals surface area contributed by atoms with Gasteiger partial charge in [0.05, 0.1) is 0 Å². The van der Waals surface area contributed by atoms with Crippen molar-refractivity contribution in [2.75, 3.05) is 13.1 Å². The Hall–Kier alpha value is -0.530. The van der Waals surface area contributed by atoms with Crippen molar-refractivity contribution in [3.63, 3.8) is 0 Å². The van der Waals surface area contributed by atoms with Crippen LogP contribution in [0, 0.1) is 5.92 Å². The molecular weight excluding hydrogens is 206 g/mol. The first-order valence-electron chi connectivity index (χ1n) is 5.77. The molecule has 1 N–H and O–H groups in total. The van der Waals surface area contributed by atoms with Gasteiger partial charge in [0, 0.05) is 17.5 Å². The van der Waals surface area contributed by atoms with Gasteiger partial charge < -0.3 is 5.32 Å². The van der Waals surface area contributed by atoms with E-state index in [2.05, 4.69) is 30.4 Å². The topological polar surface area (TPSA) is 12.0 Å². The molecule has 1 aliphatic heterocycles. The van der Waals surface area contributed by atoms with Gasteiger partial charge in [-0.05, 0) is 36.6 Å². The maximum Gasteiger partial charge on any atom is 0.0408 e. The number of halogens is 1. The van der Waals surface area contributed by atoms with E-state index in [9.17, 15) is 0 Å². The largest absolute Gasteiger partial charge is 0.316 e. The summed E-state index contributed by atoms with van der Waals surface area (Å²) >= 11 is 6.03. The fraction of sp³-hybridized carbons (Fsp3) is 0.538. The van der Waals surface area contributed by atoms with Crippen LogP contribution in [0.25, 0.3) is 0 Å². The van der Waals surface area contributed by atoms with Gasteiger partial charge in [-0.2, -0.15) is 0 Å². The molecule has 1 aromatic carbocycles. The maximum atomic E-state index is 6.03. The predicted molar refractivity (Wildman–Crippen MR) is 65.5 cm³/mol. The van der Waals surface area contributed by atoms with Crippen LogP contribution < -0.4 is 5.32 Å². The Kier molecular flexibility index (Phi) is 3.66. The number of rotatable bonds is 3. The normalized spacial score (nSPS) is 25.7. The van der Waals surface area contributed by atoms with E-state index in [1.807, 2.05) is 6.07 Å². The van der Waals surface area contributed by atoms with Crippen molar-refractivity contribution in [2.24, 2.45) is 5.92 Å². The molecule has 1 aromatic rings. The molecule has 2 atom stereocenters. The summed E-state index contributed by atoms with van der Waals surface area (Å²) in [4.78, 5) is 0. The molecule has 82 valence electrons. The van der Waals surface area contributed by atoms with Crippen molar-refractivity contribution in [3.8, 4) is 0 Å². The minimum Gasteiger partial charge on any atom is -0.316 e. The average molecular weight is 224 g/mol.